The van der Waals surface area contributed by atoms with E-state index in [-0.39, 0.29) is 18.6 Å². The van der Waals surface area contributed by atoms with Crippen LogP contribution >= 0.6 is 0 Å². The van der Waals surface area contributed by atoms with E-state index in [0.29, 0.717) is 17.7 Å². The van der Waals surface area contributed by atoms with Gasteiger partial charge in [0.1, 0.15) is 0 Å². The average Bonchev–Trinajstić information content (AvgIpc) is 2.43. The summed E-state index contributed by atoms with van der Waals surface area (Å²) in [5, 5.41) is 13.9. The first-order chi connectivity index (χ1) is 9.15. The third kappa shape index (κ3) is 2.85. The van der Waals surface area contributed by atoms with Gasteiger partial charge in [-0.15, -0.1) is 0 Å². The molecule has 0 heterocycles. The first kappa shape index (κ1) is 13.4. The van der Waals surface area contributed by atoms with Crippen molar-refractivity contribution in [3.63, 3.8) is 0 Å². The van der Waals surface area contributed by atoms with Gasteiger partial charge in [-0.25, -0.2) is 0 Å². The van der Waals surface area contributed by atoms with E-state index >= 15 is 0 Å². The minimum atomic E-state index is -0.246. The second kappa shape index (κ2) is 5.71. The summed E-state index contributed by atoms with van der Waals surface area (Å²) in [5.41, 5.74) is 6.82. The first-order valence-corrected chi connectivity index (χ1v) is 6.35. The lowest BCUT2D eigenvalue weighted by molar-refractivity contribution is 0.0916. The monoisotopic (exact) mass is 258 g/mol. The van der Waals surface area contributed by atoms with Crippen LogP contribution in [0.1, 0.15) is 23.7 Å². The van der Waals surface area contributed by atoms with Gasteiger partial charge >= 0.3 is 0 Å². The van der Waals surface area contributed by atoms with Crippen LogP contribution in [-0.2, 0) is 0 Å². The van der Waals surface area contributed by atoms with Gasteiger partial charge in [-0.2, -0.15) is 0 Å². The number of carbonyl (C=O) groups excluding carboxylic acids is 1. The van der Waals surface area contributed by atoms with Crippen molar-refractivity contribution in [2.24, 2.45) is 0 Å². The van der Waals surface area contributed by atoms with Crippen LogP contribution in [0.3, 0.4) is 0 Å². The molecular formula is C15H18N2O2. The number of nitrogens with two attached hydrogens (primary N) is 1. The zero-order valence-electron chi connectivity index (χ0n) is 10.9. The number of aliphatic hydroxyl groups excluding tert-OH is 1. The molecule has 4 heteroatoms. The molecule has 0 unspecified atom stereocenters. The lowest BCUT2D eigenvalue weighted by Crippen LogP contribution is -2.37. The van der Waals surface area contributed by atoms with Crippen molar-refractivity contribution in [3.05, 3.63) is 42.0 Å². The van der Waals surface area contributed by atoms with E-state index in [1.807, 2.05) is 31.2 Å². The van der Waals surface area contributed by atoms with Crippen molar-refractivity contribution >= 4 is 22.4 Å². The van der Waals surface area contributed by atoms with Gasteiger partial charge in [0.2, 0.25) is 0 Å². The number of hydrogen-bond acceptors (Lipinski definition) is 3. The van der Waals surface area contributed by atoms with E-state index in [9.17, 15) is 4.79 Å². The molecule has 2 aromatic carbocycles. The Morgan fingerprint density at radius 2 is 1.95 bits per heavy atom. The van der Waals surface area contributed by atoms with Gasteiger partial charge in [-0.3, -0.25) is 4.79 Å². The molecule has 4 N–H and O–H groups in total. The van der Waals surface area contributed by atoms with Crippen molar-refractivity contribution in [1.29, 1.82) is 0 Å². The summed E-state index contributed by atoms with van der Waals surface area (Å²) in [7, 11) is 0. The number of fused-ring (bicyclic) bond motifs is 1. The molecule has 0 fully saturated rings. The third-order valence-corrected chi connectivity index (χ3v) is 3.21. The van der Waals surface area contributed by atoms with E-state index in [1.54, 1.807) is 12.1 Å². The molecule has 0 bridgehead atoms. The fourth-order valence-corrected chi connectivity index (χ4v) is 1.99. The normalized spacial score (nSPS) is 12.3. The second-order valence-electron chi connectivity index (χ2n) is 4.55. The topological polar surface area (TPSA) is 75.3 Å². The molecule has 0 spiro atoms. The summed E-state index contributed by atoms with van der Waals surface area (Å²) in [6.07, 6.45) is 0.676. The Balaban J connectivity index is 2.33. The van der Waals surface area contributed by atoms with Gasteiger partial charge in [0.15, 0.2) is 0 Å². The van der Waals surface area contributed by atoms with Gasteiger partial charge in [-0.1, -0.05) is 31.2 Å². The van der Waals surface area contributed by atoms with Gasteiger partial charge in [0.05, 0.1) is 18.2 Å². The van der Waals surface area contributed by atoms with Crippen molar-refractivity contribution in [2.45, 2.75) is 19.4 Å². The Morgan fingerprint density at radius 3 is 2.53 bits per heavy atom. The number of benzene rings is 2. The number of amides is 1. The quantitative estimate of drug-likeness (QED) is 0.733. The van der Waals surface area contributed by atoms with Gasteiger partial charge in [-0.05, 0) is 29.3 Å². The molecular weight excluding hydrogens is 240 g/mol. The van der Waals surface area contributed by atoms with Crippen molar-refractivity contribution in [1.82, 2.24) is 5.32 Å². The minimum absolute atomic E-state index is 0.0737. The van der Waals surface area contributed by atoms with E-state index in [2.05, 4.69) is 5.32 Å². The molecule has 0 aliphatic rings. The maximum absolute atomic E-state index is 12.1. The van der Waals surface area contributed by atoms with Crippen LogP contribution in [-0.4, -0.2) is 23.7 Å². The highest BCUT2D eigenvalue weighted by molar-refractivity contribution is 6.04. The molecule has 0 saturated heterocycles. The average molecular weight is 258 g/mol. The van der Waals surface area contributed by atoms with Gasteiger partial charge in [0.25, 0.3) is 5.91 Å². The van der Waals surface area contributed by atoms with Crippen molar-refractivity contribution in [2.75, 3.05) is 12.3 Å². The third-order valence-electron chi connectivity index (χ3n) is 3.21. The van der Waals surface area contributed by atoms with Crippen LogP contribution in [0.25, 0.3) is 10.8 Å². The van der Waals surface area contributed by atoms with Crippen LogP contribution in [0.15, 0.2) is 36.4 Å². The number of rotatable bonds is 4. The number of anilines is 1. The summed E-state index contributed by atoms with van der Waals surface area (Å²) in [6.45, 7) is 1.83. The molecule has 0 aliphatic heterocycles. The van der Waals surface area contributed by atoms with Crippen LogP contribution in [0.4, 0.5) is 5.69 Å². The highest BCUT2D eigenvalue weighted by atomic mass is 16.3. The van der Waals surface area contributed by atoms with Gasteiger partial charge in [0, 0.05) is 5.69 Å². The maximum atomic E-state index is 12.1. The zero-order valence-corrected chi connectivity index (χ0v) is 10.9. The number of aliphatic hydroxyl groups is 1. The van der Waals surface area contributed by atoms with Crippen molar-refractivity contribution in [3.8, 4) is 0 Å². The molecule has 0 aliphatic carbocycles. The summed E-state index contributed by atoms with van der Waals surface area (Å²) in [5.74, 6) is -0.246. The van der Waals surface area contributed by atoms with E-state index in [4.69, 9.17) is 10.8 Å². The largest absolute Gasteiger partial charge is 0.398 e. The Kier molecular flexibility index (Phi) is 4.02. The lowest BCUT2D eigenvalue weighted by Gasteiger charge is -2.15. The smallest absolute Gasteiger partial charge is 0.253 e. The van der Waals surface area contributed by atoms with Crippen LogP contribution < -0.4 is 11.1 Å². The maximum Gasteiger partial charge on any atom is 0.253 e. The fourth-order valence-electron chi connectivity index (χ4n) is 1.99. The fraction of sp³-hybridized carbons (Fsp3) is 0.267. The molecule has 0 saturated carbocycles. The van der Waals surface area contributed by atoms with Crippen LogP contribution in [0.5, 0.6) is 0 Å². The molecule has 1 atom stereocenters. The van der Waals surface area contributed by atoms with E-state index in [1.165, 1.54) is 0 Å². The van der Waals surface area contributed by atoms with E-state index < -0.39 is 0 Å². The summed E-state index contributed by atoms with van der Waals surface area (Å²) in [6, 6.07) is 11.1. The van der Waals surface area contributed by atoms with Gasteiger partial charge < -0.3 is 16.2 Å². The molecule has 19 heavy (non-hydrogen) atoms. The summed E-state index contributed by atoms with van der Waals surface area (Å²) in [4.78, 5) is 12.1. The van der Waals surface area contributed by atoms with Crippen LogP contribution in [0, 0.1) is 0 Å². The molecule has 2 aromatic rings. The van der Waals surface area contributed by atoms with Crippen molar-refractivity contribution < 1.29 is 9.90 Å². The highest BCUT2D eigenvalue weighted by Crippen LogP contribution is 2.21. The number of hydrogen-bond donors (Lipinski definition) is 3. The molecule has 100 valence electrons. The summed E-state index contributed by atoms with van der Waals surface area (Å²) >= 11 is 0. The number of carbonyl (C=O) groups is 1. The molecule has 1 amide bonds. The Hall–Kier alpha value is -2.07. The second-order valence-corrected chi connectivity index (χ2v) is 4.55. The molecule has 2 rings (SSSR count). The first-order valence-electron chi connectivity index (χ1n) is 6.35. The standard InChI is InChI=1S/C15H18N2O2/c1-2-12(9-18)17-15(19)13-7-10-5-3-4-6-11(10)8-14(13)16/h3-8,12,18H,2,9,16H2,1H3,(H,17,19)/t12-/m1/s1. The molecule has 0 radical (unpaired) electrons. The summed E-state index contributed by atoms with van der Waals surface area (Å²) < 4.78 is 0. The zero-order chi connectivity index (χ0) is 13.8. The Labute approximate surface area is 112 Å². The van der Waals surface area contributed by atoms with E-state index in [0.717, 1.165) is 10.8 Å². The number of nitrogens with one attached hydrogen (secondary N) is 1. The van der Waals surface area contributed by atoms with Crippen LogP contribution in [0.2, 0.25) is 0 Å². The number of nitrogen functional groups attached to an aromatic ring is 1. The SMILES string of the molecule is CC[C@H](CO)NC(=O)c1cc2ccccc2cc1N. The Bertz CT molecular complexity index is 592. The lowest BCUT2D eigenvalue weighted by atomic mass is 10.0. The minimum Gasteiger partial charge on any atom is -0.398 e. The predicted octanol–water partition coefficient (Wildman–Crippen LogP) is 1.92. The predicted molar refractivity (Wildman–Crippen MR) is 77.0 cm³/mol. The molecule has 0 aromatic heterocycles. The highest BCUT2D eigenvalue weighted by Gasteiger charge is 2.14. The molecule has 4 nitrogen and oxygen atoms in total. The Morgan fingerprint density at radius 1 is 1.32 bits per heavy atom.